The zero-order valence-corrected chi connectivity index (χ0v) is 10.2. The molecule has 1 heterocycles. The zero-order valence-electron chi connectivity index (χ0n) is 10.2. The first kappa shape index (κ1) is 13.5. The van der Waals surface area contributed by atoms with Gasteiger partial charge in [0.2, 0.25) is 0 Å². The number of hydrogen-bond acceptors (Lipinski definition) is 5. The lowest BCUT2D eigenvalue weighted by atomic mass is 10.1. The van der Waals surface area contributed by atoms with E-state index in [-0.39, 0.29) is 25.3 Å². The number of para-hydroxylation sites is 1. The molecule has 1 aromatic heterocycles. The van der Waals surface area contributed by atoms with Crippen LogP contribution in [0.3, 0.4) is 0 Å². The molecule has 0 aliphatic heterocycles. The van der Waals surface area contributed by atoms with Gasteiger partial charge in [0.1, 0.15) is 16.9 Å². The summed E-state index contributed by atoms with van der Waals surface area (Å²) in [6.07, 6.45) is -0.877. The van der Waals surface area contributed by atoms with Crippen LogP contribution in [0.25, 0.3) is 11.0 Å². The number of aromatic carboxylic acids is 1. The third-order valence-electron chi connectivity index (χ3n) is 2.76. The van der Waals surface area contributed by atoms with Crippen LogP contribution < -0.4 is 5.32 Å². The van der Waals surface area contributed by atoms with Crippen LogP contribution in [-0.4, -0.2) is 40.5 Å². The van der Waals surface area contributed by atoms with Crippen LogP contribution >= 0.6 is 0 Å². The third-order valence-corrected chi connectivity index (χ3v) is 2.76. The van der Waals surface area contributed by atoms with Gasteiger partial charge in [-0.15, -0.1) is 0 Å². The topological polar surface area (TPSA) is 103 Å². The van der Waals surface area contributed by atoms with Crippen LogP contribution in [-0.2, 0) is 6.54 Å². The molecule has 0 amide bonds. The van der Waals surface area contributed by atoms with Gasteiger partial charge in [0.05, 0.1) is 19.3 Å². The summed E-state index contributed by atoms with van der Waals surface area (Å²) in [4.78, 5) is 11.3. The summed E-state index contributed by atoms with van der Waals surface area (Å²) in [5, 5.41) is 30.5. The van der Waals surface area contributed by atoms with E-state index in [1.807, 2.05) is 0 Å². The Balaban J connectivity index is 2.22. The molecule has 19 heavy (non-hydrogen) atoms. The predicted octanol–water partition coefficient (Wildman–Crippen LogP) is 0.574. The average Bonchev–Trinajstić information content (AvgIpc) is 2.76. The summed E-state index contributed by atoms with van der Waals surface area (Å²) < 4.78 is 5.49. The molecule has 0 aliphatic rings. The number of carbonyl (C=O) groups is 1. The minimum atomic E-state index is -1.05. The van der Waals surface area contributed by atoms with E-state index in [2.05, 4.69) is 5.32 Å². The van der Waals surface area contributed by atoms with E-state index in [9.17, 15) is 15.0 Å². The Bertz CT molecular complexity index is 577. The van der Waals surface area contributed by atoms with E-state index in [1.165, 1.54) is 0 Å². The second-order valence-corrected chi connectivity index (χ2v) is 4.17. The Kier molecular flexibility index (Phi) is 4.16. The Morgan fingerprint density at radius 2 is 2.11 bits per heavy atom. The fraction of sp³-hybridized carbons (Fsp3) is 0.308. The number of aliphatic hydroxyl groups is 2. The van der Waals surface area contributed by atoms with Crippen molar-refractivity contribution in [3.05, 3.63) is 35.6 Å². The molecule has 6 heteroatoms. The molecule has 0 spiro atoms. The summed E-state index contributed by atoms with van der Waals surface area (Å²) in [5.41, 5.74) is 0.640. The molecule has 4 N–H and O–H groups in total. The average molecular weight is 265 g/mol. The van der Waals surface area contributed by atoms with Gasteiger partial charge in [-0.25, -0.2) is 4.79 Å². The quantitative estimate of drug-likeness (QED) is 0.609. The highest BCUT2D eigenvalue weighted by Gasteiger charge is 2.19. The van der Waals surface area contributed by atoms with E-state index in [0.717, 1.165) is 0 Å². The van der Waals surface area contributed by atoms with Crippen LogP contribution in [0.4, 0.5) is 0 Å². The highest BCUT2D eigenvalue weighted by atomic mass is 16.4. The number of rotatable bonds is 6. The number of aliphatic hydroxyl groups excluding tert-OH is 2. The van der Waals surface area contributed by atoms with Crippen molar-refractivity contribution in [2.45, 2.75) is 12.6 Å². The number of benzene rings is 1. The molecule has 1 aromatic carbocycles. The standard InChI is InChI=1S/C13H15NO5/c15-7-8(16)5-14-6-11-12(13(17)18)9-3-1-2-4-10(9)19-11/h1-4,8,14-16H,5-7H2,(H,17,18). The molecular weight excluding hydrogens is 250 g/mol. The van der Waals surface area contributed by atoms with Crippen molar-refractivity contribution in [2.75, 3.05) is 13.2 Å². The van der Waals surface area contributed by atoms with Crippen LogP contribution in [0.15, 0.2) is 28.7 Å². The minimum absolute atomic E-state index is 0.126. The minimum Gasteiger partial charge on any atom is -0.478 e. The predicted molar refractivity (Wildman–Crippen MR) is 68.0 cm³/mol. The van der Waals surface area contributed by atoms with Gasteiger partial charge in [-0.2, -0.15) is 0 Å². The molecule has 0 saturated heterocycles. The van der Waals surface area contributed by atoms with Gasteiger partial charge in [0.15, 0.2) is 0 Å². The van der Waals surface area contributed by atoms with E-state index >= 15 is 0 Å². The summed E-state index contributed by atoms with van der Waals surface area (Å²) in [6.45, 7) is -0.0150. The van der Waals surface area contributed by atoms with Crippen LogP contribution in [0.5, 0.6) is 0 Å². The number of carboxylic acid groups (broad SMARTS) is 1. The fourth-order valence-electron chi connectivity index (χ4n) is 1.87. The molecular formula is C13H15NO5. The summed E-state index contributed by atoms with van der Waals surface area (Å²) in [7, 11) is 0. The van der Waals surface area contributed by atoms with E-state index in [1.54, 1.807) is 24.3 Å². The molecule has 0 radical (unpaired) electrons. The van der Waals surface area contributed by atoms with Gasteiger partial charge >= 0.3 is 5.97 Å². The van der Waals surface area contributed by atoms with Gasteiger partial charge in [-0.1, -0.05) is 18.2 Å². The maximum Gasteiger partial charge on any atom is 0.339 e. The number of nitrogens with one attached hydrogen (secondary N) is 1. The lowest BCUT2D eigenvalue weighted by Gasteiger charge is -2.07. The second kappa shape index (κ2) is 5.83. The molecule has 6 nitrogen and oxygen atoms in total. The maximum atomic E-state index is 11.3. The monoisotopic (exact) mass is 265 g/mol. The number of hydrogen-bond donors (Lipinski definition) is 4. The largest absolute Gasteiger partial charge is 0.478 e. The van der Waals surface area contributed by atoms with Crippen LogP contribution in [0, 0.1) is 0 Å². The van der Waals surface area contributed by atoms with Crippen molar-refractivity contribution >= 4 is 16.9 Å². The smallest absolute Gasteiger partial charge is 0.339 e. The summed E-state index contributed by atoms with van der Waals surface area (Å²) in [5.74, 6) is -0.747. The van der Waals surface area contributed by atoms with Gasteiger partial charge in [0.25, 0.3) is 0 Å². The van der Waals surface area contributed by atoms with Gasteiger partial charge in [0, 0.05) is 11.9 Å². The molecule has 0 fully saturated rings. The Hall–Kier alpha value is -1.89. The van der Waals surface area contributed by atoms with Gasteiger partial charge in [-0.3, -0.25) is 0 Å². The molecule has 0 saturated carbocycles. The highest BCUT2D eigenvalue weighted by Crippen LogP contribution is 2.25. The third kappa shape index (κ3) is 2.93. The Morgan fingerprint density at radius 3 is 2.79 bits per heavy atom. The van der Waals surface area contributed by atoms with Crippen molar-refractivity contribution < 1.29 is 24.5 Å². The van der Waals surface area contributed by atoms with Gasteiger partial charge < -0.3 is 25.1 Å². The molecule has 1 atom stereocenters. The lowest BCUT2D eigenvalue weighted by molar-refractivity contribution is 0.0695. The number of carboxylic acids is 1. The van der Waals surface area contributed by atoms with Crippen molar-refractivity contribution in [1.82, 2.24) is 5.32 Å². The molecule has 2 rings (SSSR count). The van der Waals surface area contributed by atoms with Crippen LogP contribution in [0.1, 0.15) is 16.1 Å². The van der Waals surface area contributed by atoms with Crippen LogP contribution in [0.2, 0.25) is 0 Å². The van der Waals surface area contributed by atoms with E-state index < -0.39 is 12.1 Å². The Morgan fingerprint density at radius 1 is 1.37 bits per heavy atom. The molecule has 0 aliphatic carbocycles. The fourth-order valence-corrected chi connectivity index (χ4v) is 1.87. The number of furan rings is 1. The second-order valence-electron chi connectivity index (χ2n) is 4.17. The first-order chi connectivity index (χ1) is 9.13. The molecule has 102 valence electrons. The lowest BCUT2D eigenvalue weighted by Crippen LogP contribution is -2.29. The van der Waals surface area contributed by atoms with Crippen molar-refractivity contribution in [3.63, 3.8) is 0 Å². The number of fused-ring (bicyclic) bond motifs is 1. The zero-order chi connectivity index (χ0) is 13.8. The Labute approximate surface area is 109 Å². The molecule has 2 aromatic rings. The SMILES string of the molecule is O=C(O)c1c(CNCC(O)CO)oc2ccccc12. The summed E-state index contributed by atoms with van der Waals surface area (Å²) in [6, 6.07) is 6.91. The first-order valence-electron chi connectivity index (χ1n) is 5.86. The maximum absolute atomic E-state index is 11.3. The van der Waals surface area contributed by atoms with Crippen molar-refractivity contribution in [3.8, 4) is 0 Å². The van der Waals surface area contributed by atoms with E-state index in [4.69, 9.17) is 9.52 Å². The summed E-state index contributed by atoms with van der Waals surface area (Å²) >= 11 is 0. The van der Waals surface area contributed by atoms with E-state index in [0.29, 0.717) is 16.7 Å². The van der Waals surface area contributed by atoms with Crippen molar-refractivity contribution in [1.29, 1.82) is 0 Å². The van der Waals surface area contributed by atoms with Gasteiger partial charge in [-0.05, 0) is 6.07 Å². The highest BCUT2D eigenvalue weighted by molar-refractivity contribution is 6.03. The molecule has 1 unspecified atom stereocenters. The van der Waals surface area contributed by atoms with Crippen molar-refractivity contribution in [2.24, 2.45) is 0 Å². The normalized spacial score (nSPS) is 12.7. The first-order valence-corrected chi connectivity index (χ1v) is 5.86. The molecule has 0 bridgehead atoms.